The van der Waals surface area contributed by atoms with Crippen molar-refractivity contribution in [3.8, 4) is 11.6 Å². The molecule has 5 heteroatoms. The van der Waals surface area contributed by atoms with E-state index in [4.69, 9.17) is 4.74 Å². The molecule has 1 aliphatic carbocycles. The van der Waals surface area contributed by atoms with Crippen LogP contribution in [0.1, 0.15) is 35.4 Å². The van der Waals surface area contributed by atoms with Gasteiger partial charge in [0, 0.05) is 0 Å². The van der Waals surface area contributed by atoms with E-state index in [1.54, 1.807) is 6.33 Å². The van der Waals surface area contributed by atoms with Crippen molar-refractivity contribution >= 4 is 11.2 Å². The fraction of sp³-hybridized carbons (Fsp3) is 0.312. The third-order valence-corrected chi connectivity index (χ3v) is 3.92. The Kier molecular flexibility index (Phi) is 2.67. The van der Waals surface area contributed by atoms with Crippen LogP contribution in [0.3, 0.4) is 0 Å². The first kappa shape index (κ1) is 12.3. The minimum Gasteiger partial charge on any atom is -0.436 e. The maximum absolute atomic E-state index is 6.04. The zero-order valence-corrected chi connectivity index (χ0v) is 12.1. The summed E-state index contributed by atoms with van der Waals surface area (Å²) in [6.45, 7) is 4.17. The number of ether oxygens (including phenoxy) is 1. The van der Waals surface area contributed by atoms with Crippen LogP contribution in [0.2, 0.25) is 0 Å². The van der Waals surface area contributed by atoms with E-state index < -0.39 is 0 Å². The Balaban J connectivity index is 1.75. The van der Waals surface area contributed by atoms with Crippen molar-refractivity contribution in [2.24, 2.45) is 0 Å². The number of imidazole rings is 1. The highest BCUT2D eigenvalue weighted by atomic mass is 16.5. The minimum absolute atomic E-state index is 0.517. The number of aromatic nitrogens is 4. The van der Waals surface area contributed by atoms with Crippen LogP contribution in [0.5, 0.6) is 11.6 Å². The summed E-state index contributed by atoms with van der Waals surface area (Å²) in [6, 6.07) is 4.46. The minimum atomic E-state index is 0.517. The third-order valence-electron chi connectivity index (χ3n) is 3.92. The molecule has 0 unspecified atom stereocenters. The van der Waals surface area contributed by atoms with Crippen molar-refractivity contribution in [2.45, 2.75) is 32.6 Å². The fourth-order valence-electron chi connectivity index (χ4n) is 2.71. The van der Waals surface area contributed by atoms with Crippen LogP contribution in [-0.4, -0.2) is 19.9 Å². The summed E-state index contributed by atoms with van der Waals surface area (Å²) in [5.41, 5.74) is 5.05. The lowest BCUT2D eigenvalue weighted by Crippen LogP contribution is -1.96. The number of H-pyrrole nitrogens is 1. The van der Waals surface area contributed by atoms with Crippen LogP contribution < -0.4 is 4.74 Å². The maximum Gasteiger partial charge on any atom is 0.248 e. The van der Waals surface area contributed by atoms with Crippen LogP contribution >= 0.6 is 0 Å². The largest absolute Gasteiger partial charge is 0.436 e. The Morgan fingerprint density at radius 1 is 1.10 bits per heavy atom. The van der Waals surface area contributed by atoms with Gasteiger partial charge in [-0.2, -0.15) is 4.98 Å². The Bertz CT molecular complexity index is 797. The molecule has 106 valence electrons. The third kappa shape index (κ3) is 2.14. The molecule has 1 aromatic carbocycles. The van der Waals surface area contributed by atoms with E-state index in [1.807, 2.05) is 0 Å². The molecule has 3 aromatic rings. The number of nitrogens with zero attached hydrogens (tertiary/aromatic N) is 3. The second kappa shape index (κ2) is 4.55. The van der Waals surface area contributed by atoms with Crippen LogP contribution in [0.4, 0.5) is 0 Å². The van der Waals surface area contributed by atoms with Crippen molar-refractivity contribution in [3.63, 3.8) is 0 Å². The molecule has 1 aliphatic rings. The number of aryl methyl sites for hydroxylation is 2. The standard InChI is InChI=1S/C16H16N4O/c1-9-5-12(11-3-4-11)6-10(2)14(9)21-16-13-15(18-7-17-13)19-8-20-16/h5-8,11H,3-4H2,1-2H3,(H,17,18,19,20). The topological polar surface area (TPSA) is 63.7 Å². The average Bonchev–Trinajstić information content (AvgIpc) is 3.20. The van der Waals surface area contributed by atoms with Crippen molar-refractivity contribution in [2.75, 3.05) is 0 Å². The normalized spacial score (nSPS) is 14.6. The van der Waals surface area contributed by atoms with Crippen molar-refractivity contribution in [3.05, 3.63) is 41.5 Å². The van der Waals surface area contributed by atoms with Crippen LogP contribution in [0, 0.1) is 13.8 Å². The van der Waals surface area contributed by atoms with Crippen molar-refractivity contribution < 1.29 is 4.74 Å². The molecule has 0 amide bonds. The summed E-state index contributed by atoms with van der Waals surface area (Å²) >= 11 is 0. The van der Waals surface area contributed by atoms with Gasteiger partial charge in [-0.05, 0) is 49.3 Å². The molecule has 5 nitrogen and oxygen atoms in total. The summed E-state index contributed by atoms with van der Waals surface area (Å²) in [7, 11) is 0. The lowest BCUT2D eigenvalue weighted by Gasteiger charge is -2.13. The smallest absolute Gasteiger partial charge is 0.248 e. The molecule has 0 aliphatic heterocycles. The number of hydrogen-bond acceptors (Lipinski definition) is 4. The first-order valence-electron chi connectivity index (χ1n) is 7.15. The number of aromatic amines is 1. The van der Waals surface area contributed by atoms with Gasteiger partial charge in [-0.15, -0.1) is 0 Å². The maximum atomic E-state index is 6.04. The fourth-order valence-corrected chi connectivity index (χ4v) is 2.71. The highest BCUT2D eigenvalue weighted by Gasteiger charge is 2.25. The predicted octanol–water partition coefficient (Wildman–Crippen LogP) is 3.64. The molecule has 0 spiro atoms. The number of benzene rings is 1. The first-order valence-corrected chi connectivity index (χ1v) is 7.15. The Hall–Kier alpha value is -2.43. The summed E-state index contributed by atoms with van der Waals surface area (Å²) in [5, 5.41) is 0. The molecular formula is C16H16N4O. The number of fused-ring (bicyclic) bond motifs is 1. The van der Waals surface area contributed by atoms with E-state index in [9.17, 15) is 0 Å². The van der Waals surface area contributed by atoms with Gasteiger partial charge in [0.15, 0.2) is 5.65 Å². The highest BCUT2D eigenvalue weighted by molar-refractivity contribution is 5.75. The molecule has 21 heavy (non-hydrogen) atoms. The molecule has 2 aromatic heterocycles. The van der Waals surface area contributed by atoms with Crippen molar-refractivity contribution in [1.29, 1.82) is 0 Å². The number of rotatable bonds is 3. The molecule has 0 saturated heterocycles. The Labute approximate surface area is 122 Å². The molecule has 1 saturated carbocycles. The SMILES string of the molecule is Cc1cc(C2CC2)cc(C)c1Oc1ncnc2nc[nH]c12. The Morgan fingerprint density at radius 3 is 2.57 bits per heavy atom. The van der Waals surface area contributed by atoms with Gasteiger partial charge >= 0.3 is 0 Å². The molecule has 0 radical (unpaired) electrons. The van der Waals surface area contributed by atoms with Crippen LogP contribution in [0.25, 0.3) is 11.2 Å². The van der Waals surface area contributed by atoms with Gasteiger partial charge < -0.3 is 9.72 Å². The molecule has 0 bridgehead atoms. The average molecular weight is 280 g/mol. The molecule has 4 rings (SSSR count). The van der Waals surface area contributed by atoms with Gasteiger partial charge in [0.25, 0.3) is 0 Å². The number of nitrogens with one attached hydrogen (secondary N) is 1. The molecule has 0 atom stereocenters. The lowest BCUT2D eigenvalue weighted by atomic mass is 10.0. The van der Waals surface area contributed by atoms with Crippen LogP contribution in [-0.2, 0) is 0 Å². The zero-order chi connectivity index (χ0) is 14.4. The summed E-state index contributed by atoms with van der Waals surface area (Å²) in [4.78, 5) is 15.5. The van der Waals surface area contributed by atoms with E-state index in [0.717, 1.165) is 28.3 Å². The summed E-state index contributed by atoms with van der Waals surface area (Å²) in [5.74, 6) is 2.13. The van der Waals surface area contributed by atoms with Gasteiger partial charge in [0.05, 0.1) is 6.33 Å². The van der Waals surface area contributed by atoms with Crippen molar-refractivity contribution in [1.82, 2.24) is 19.9 Å². The predicted molar refractivity (Wildman–Crippen MR) is 79.6 cm³/mol. The van der Waals surface area contributed by atoms with Gasteiger partial charge in [-0.25, -0.2) is 9.97 Å². The molecule has 1 N–H and O–H groups in total. The quantitative estimate of drug-likeness (QED) is 0.795. The van der Waals surface area contributed by atoms with E-state index in [-0.39, 0.29) is 0 Å². The Morgan fingerprint density at radius 2 is 1.86 bits per heavy atom. The summed E-state index contributed by atoms with van der Waals surface area (Å²) in [6.07, 6.45) is 5.68. The monoisotopic (exact) mass is 280 g/mol. The van der Waals surface area contributed by atoms with Gasteiger partial charge in [0.1, 0.15) is 17.6 Å². The van der Waals surface area contributed by atoms with E-state index in [2.05, 4.69) is 45.9 Å². The molecule has 1 fully saturated rings. The molecule has 2 heterocycles. The van der Waals surface area contributed by atoms with E-state index >= 15 is 0 Å². The lowest BCUT2D eigenvalue weighted by molar-refractivity contribution is 0.460. The zero-order valence-electron chi connectivity index (χ0n) is 12.1. The number of hydrogen-bond donors (Lipinski definition) is 1. The first-order chi connectivity index (χ1) is 10.2. The van der Waals surface area contributed by atoms with Gasteiger partial charge in [-0.3, -0.25) is 0 Å². The second-order valence-electron chi connectivity index (χ2n) is 5.64. The highest BCUT2D eigenvalue weighted by Crippen LogP contribution is 2.42. The van der Waals surface area contributed by atoms with E-state index in [0.29, 0.717) is 11.5 Å². The molecular weight excluding hydrogens is 264 g/mol. The second-order valence-corrected chi connectivity index (χ2v) is 5.64. The van der Waals surface area contributed by atoms with E-state index in [1.165, 1.54) is 24.7 Å². The van der Waals surface area contributed by atoms with Crippen LogP contribution in [0.15, 0.2) is 24.8 Å². The van der Waals surface area contributed by atoms with Gasteiger partial charge in [-0.1, -0.05) is 12.1 Å². The summed E-state index contributed by atoms with van der Waals surface area (Å²) < 4.78 is 6.04. The van der Waals surface area contributed by atoms with Gasteiger partial charge in [0.2, 0.25) is 5.88 Å².